The number of likely N-dealkylation sites (N-methyl/N-ethyl adjacent to an activating group) is 1. The Bertz CT molecular complexity index is 463. The summed E-state index contributed by atoms with van der Waals surface area (Å²) in [5, 5.41) is 3.31. The van der Waals surface area contributed by atoms with Gasteiger partial charge in [-0.3, -0.25) is 0 Å². The van der Waals surface area contributed by atoms with Crippen molar-refractivity contribution >= 4 is 12.4 Å². The first kappa shape index (κ1) is 12.2. The summed E-state index contributed by atoms with van der Waals surface area (Å²) in [5.41, 5.74) is 2.57. The van der Waals surface area contributed by atoms with Crippen molar-refractivity contribution in [2.75, 3.05) is 7.05 Å². The Morgan fingerprint density at radius 3 is 2.47 bits per heavy atom. The molecule has 1 heterocycles. The molecule has 1 aromatic carbocycles. The molecule has 1 aromatic heterocycles. The van der Waals surface area contributed by atoms with Crippen LogP contribution in [0.3, 0.4) is 0 Å². The van der Waals surface area contributed by atoms with Crippen molar-refractivity contribution in [3.05, 3.63) is 48.2 Å². The van der Waals surface area contributed by atoms with Gasteiger partial charge in [0, 0.05) is 17.5 Å². The van der Waals surface area contributed by atoms with Crippen LogP contribution in [0.5, 0.6) is 0 Å². The van der Waals surface area contributed by atoms with Crippen molar-refractivity contribution in [2.45, 2.75) is 18.4 Å². The van der Waals surface area contributed by atoms with Gasteiger partial charge in [-0.15, -0.1) is 12.4 Å². The molecule has 3 heteroatoms. The van der Waals surface area contributed by atoms with Crippen molar-refractivity contribution in [3.63, 3.8) is 0 Å². The van der Waals surface area contributed by atoms with E-state index in [0.29, 0.717) is 12.0 Å². The van der Waals surface area contributed by atoms with Crippen molar-refractivity contribution in [3.8, 4) is 11.3 Å². The summed E-state index contributed by atoms with van der Waals surface area (Å²) < 4.78 is 5.37. The van der Waals surface area contributed by atoms with E-state index in [0.717, 1.165) is 11.3 Å². The zero-order valence-electron chi connectivity index (χ0n) is 9.72. The fourth-order valence-corrected chi connectivity index (χ4v) is 2.22. The van der Waals surface area contributed by atoms with Crippen LogP contribution in [0, 0.1) is 0 Å². The number of rotatable bonds is 3. The van der Waals surface area contributed by atoms with Crippen LogP contribution >= 0.6 is 12.4 Å². The van der Waals surface area contributed by atoms with Gasteiger partial charge in [0.05, 0.1) is 6.26 Å². The number of halogens is 1. The third kappa shape index (κ3) is 2.38. The first-order valence-electron chi connectivity index (χ1n) is 5.69. The zero-order chi connectivity index (χ0) is 11.0. The van der Waals surface area contributed by atoms with Gasteiger partial charge < -0.3 is 9.73 Å². The maximum atomic E-state index is 5.37. The van der Waals surface area contributed by atoms with E-state index in [9.17, 15) is 0 Å². The summed E-state index contributed by atoms with van der Waals surface area (Å²) in [6.45, 7) is 0. The summed E-state index contributed by atoms with van der Waals surface area (Å²) in [6, 6.07) is 13.3. The maximum Gasteiger partial charge on any atom is 0.133 e. The first-order valence-corrected chi connectivity index (χ1v) is 5.69. The van der Waals surface area contributed by atoms with Crippen LogP contribution in [0.25, 0.3) is 11.3 Å². The number of benzene rings is 1. The van der Waals surface area contributed by atoms with Crippen LogP contribution in [0.4, 0.5) is 0 Å². The Hall–Kier alpha value is -1.25. The Labute approximate surface area is 107 Å². The van der Waals surface area contributed by atoms with Crippen LogP contribution < -0.4 is 5.32 Å². The van der Waals surface area contributed by atoms with Gasteiger partial charge in [0.2, 0.25) is 0 Å². The van der Waals surface area contributed by atoms with Crippen molar-refractivity contribution in [1.82, 2.24) is 5.32 Å². The van der Waals surface area contributed by atoms with E-state index in [1.807, 2.05) is 19.2 Å². The minimum Gasteiger partial charge on any atom is -0.464 e. The predicted octanol–water partition coefficient (Wildman–Crippen LogP) is 3.44. The standard InChI is InChI=1S/C14H15NO.ClH/c1-15-13-9-12(13)10-4-6-11(7-5-10)14-3-2-8-16-14;/h2-8,12-13,15H,9H2,1H3;1H. The second kappa shape index (κ2) is 4.94. The molecule has 1 saturated carbocycles. The lowest BCUT2D eigenvalue weighted by Gasteiger charge is -2.01. The summed E-state index contributed by atoms with van der Waals surface area (Å²) in [4.78, 5) is 0. The second-order valence-electron chi connectivity index (χ2n) is 4.34. The van der Waals surface area contributed by atoms with Gasteiger partial charge in [-0.2, -0.15) is 0 Å². The quantitative estimate of drug-likeness (QED) is 0.902. The Morgan fingerprint density at radius 2 is 1.94 bits per heavy atom. The molecule has 1 aliphatic carbocycles. The topological polar surface area (TPSA) is 25.2 Å². The molecule has 17 heavy (non-hydrogen) atoms. The number of furan rings is 1. The monoisotopic (exact) mass is 249 g/mol. The van der Waals surface area contributed by atoms with Gasteiger partial charge in [0.25, 0.3) is 0 Å². The van der Waals surface area contributed by atoms with Gasteiger partial charge in [0.15, 0.2) is 0 Å². The molecular weight excluding hydrogens is 234 g/mol. The van der Waals surface area contributed by atoms with E-state index in [2.05, 4.69) is 29.6 Å². The molecule has 2 nitrogen and oxygen atoms in total. The molecule has 2 atom stereocenters. The molecule has 2 unspecified atom stereocenters. The molecule has 0 amide bonds. The van der Waals surface area contributed by atoms with Crippen LogP contribution in [-0.4, -0.2) is 13.1 Å². The van der Waals surface area contributed by atoms with Crippen molar-refractivity contribution < 1.29 is 4.42 Å². The average Bonchev–Trinajstić information content (AvgIpc) is 2.93. The third-order valence-corrected chi connectivity index (χ3v) is 3.31. The number of nitrogens with one attached hydrogen (secondary N) is 1. The lowest BCUT2D eigenvalue weighted by Crippen LogP contribution is -2.10. The molecular formula is C14H16ClNO. The summed E-state index contributed by atoms with van der Waals surface area (Å²) in [5.74, 6) is 1.64. The lowest BCUT2D eigenvalue weighted by atomic mass is 10.1. The Kier molecular flexibility index (Phi) is 3.55. The number of hydrogen-bond donors (Lipinski definition) is 1. The van der Waals surface area contributed by atoms with Crippen LogP contribution in [-0.2, 0) is 0 Å². The first-order chi connectivity index (χ1) is 7.88. The molecule has 2 aromatic rings. The second-order valence-corrected chi connectivity index (χ2v) is 4.34. The van der Waals surface area contributed by atoms with Gasteiger partial charge in [-0.1, -0.05) is 24.3 Å². The molecule has 3 rings (SSSR count). The highest BCUT2D eigenvalue weighted by atomic mass is 35.5. The van der Waals surface area contributed by atoms with E-state index in [-0.39, 0.29) is 12.4 Å². The lowest BCUT2D eigenvalue weighted by molar-refractivity contribution is 0.582. The minimum atomic E-state index is 0. The molecule has 1 N–H and O–H groups in total. The summed E-state index contributed by atoms with van der Waals surface area (Å²) >= 11 is 0. The normalized spacial score (nSPS) is 21.9. The van der Waals surface area contributed by atoms with Gasteiger partial charge in [-0.05, 0) is 31.2 Å². The largest absolute Gasteiger partial charge is 0.464 e. The predicted molar refractivity (Wildman–Crippen MR) is 71.6 cm³/mol. The summed E-state index contributed by atoms with van der Waals surface area (Å²) in [7, 11) is 2.03. The average molecular weight is 250 g/mol. The van der Waals surface area contributed by atoms with Gasteiger partial charge in [-0.25, -0.2) is 0 Å². The Balaban J connectivity index is 0.00000108. The molecule has 0 saturated heterocycles. The molecule has 90 valence electrons. The maximum absolute atomic E-state index is 5.37. The minimum absolute atomic E-state index is 0. The molecule has 0 aliphatic heterocycles. The Morgan fingerprint density at radius 1 is 1.18 bits per heavy atom. The van der Waals surface area contributed by atoms with Crippen LogP contribution in [0.1, 0.15) is 17.9 Å². The molecule has 0 spiro atoms. The SMILES string of the molecule is CNC1CC1c1ccc(-c2ccco2)cc1.Cl. The van der Waals surface area contributed by atoms with E-state index in [1.165, 1.54) is 12.0 Å². The van der Waals surface area contributed by atoms with Crippen molar-refractivity contribution in [2.24, 2.45) is 0 Å². The molecule has 1 aliphatic rings. The van der Waals surface area contributed by atoms with E-state index >= 15 is 0 Å². The van der Waals surface area contributed by atoms with Gasteiger partial charge >= 0.3 is 0 Å². The van der Waals surface area contributed by atoms with Crippen molar-refractivity contribution in [1.29, 1.82) is 0 Å². The number of hydrogen-bond acceptors (Lipinski definition) is 2. The highest BCUT2D eigenvalue weighted by Crippen LogP contribution is 2.40. The fourth-order valence-electron chi connectivity index (χ4n) is 2.22. The van der Waals surface area contributed by atoms with E-state index < -0.39 is 0 Å². The van der Waals surface area contributed by atoms with E-state index in [4.69, 9.17) is 4.42 Å². The highest BCUT2D eigenvalue weighted by molar-refractivity contribution is 5.85. The van der Waals surface area contributed by atoms with Crippen LogP contribution in [0.2, 0.25) is 0 Å². The third-order valence-electron chi connectivity index (χ3n) is 3.31. The van der Waals surface area contributed by atoms with Gasteiger partial charge in [0.1, 0.15) is 5.76 Å². The molecule has 0 radical (unpaired) electrons. The van der Waals surface area contributed by atoms with E-state index in [1.54, 1.807) is 6.26 Å². The fraction of sp³-hybridized carbons (Fsp3) is 0.286. The van der Waals surface area contributed by atoms with Crippen LogP contribution in [0.15, 0.2) is 47.1 Å². The smallest absolute Gasteiger partial charge is 0.133 e. The highest BCUT2D eigenvalue weighted by Gasteiger charge is 2.36. The molecule has 0 bridgehead atoms. The zero-order valence-corrected chi connectivity index (χ0v) is 10.5. The summed E-state index contributed by atoms with van der Waals surface area (Å²) in [6.07, 6.45) is 2.97. The molecule has 1 fully saturated rings.